The van der Waals surface area contributed by atoms with Crippen LogP contribution >= 0.6 is 27.5 Å². The Morgan fingerprint density at radius 3 is 2.65 bits per heavy atom. The topological polar surface area (TPSA) is 44.7 Å². The van der Waals surface area contributed by atoms with E-state index in [0.29, 0.717) is 5.02 Å². The van der Waals surface area contributed by atoms with Crippen LogP contribution in [0.4, 0.5) is 0 Å². The van der Waals surface area contributed by atoms with Crippen LogP contribution in [-0.4, -0.2) is 30.1 Å². The molecule has 4 nitrogen and oxygen atoms in total. The number of carbonyl (C=O) groups excluding carboxylic acids is 1. The number of rotatable bonds is 5. The van der Waals surface area contributed by atoms with E-state index in [1.165, 1.54) is 5.56 Å². The lowest BCUT2D eigenvalue weighted by Crippen LogP contribution is -2.39. The van der Waals surface area contributed by atoms with E-state index in [4.69, 9.17) is 11.6 Å². The van der Waals surface area contributed by atoms with Crippen molar-refractivity contribution in [1.82, 2.24) is 10.3 Å². The molecule has 136 valence electrons. The second kappa shape index (κ2) is 9.31. The molecule has 0 aromatic heterocycles. The van der Waals surface area contributed by atoms with Gasteiger partial charge in [-0.2, -0.15) is 5.10 Å². The van der Waals surface area contributed by atoms with E-state index in [1.54, 1.807) is 18.3 Å². The van der Waals surface area contributed by atoms with Gasteiger partial charge in [-0.15, -0.1) is 0 Å². The van der Waals surface area contributed by atoms with Crippen LogP contribution in [0.2, 0.25) is 5.02 Å². The molecule has 1 amide bonds. The molecule has 1 saturated heterocycles. The quantitative estimate of drug-likeness (QED) is 0.557. The van der Waals surface area contributed by atoms with E-state index >= 15 is 0 Å². The molecule has 2 aromatic carbocycles. The second-order valence-electron chi connectivity index (χ2n) is 6.47. The molecule has 26 heavy (non-hydrogen) atoms. The molecule has 0 radical (unpaired) electrons. The Hall–Kier alpha value is -1.69. The minimum atomic E-state index is -0.00781. The SMILES string of the molecule is O=C(N/N=C/c1cccc(Cl)c1)C1CCN(Cc2ccc(Br)cc2)CC1. The van der Waals surface area contributed by atoms with Crippen LogP contribution in [0, 0.1) is 5.92 Å². The van der Waals surface area contributed by atoms with Crippen molar-refractivity contribution >= 4 is 39.7 Å². The molecular formula is C20H21BrClN3O. The Bertz CT molecular complexity index is 771. The van der Waals surface area contributed by atoms with Crippen LogP contribution in [0.1, 0.15) is 24.0 Å². The molecule has 6 heteroatoms. The first-order valence-electron chi connectivity index (χ1n) is 8.65. The van der Waals surface area contributed by atoms with Crippen molar-refractivity contribution in [3.8, 4) is 0 Å². The van der Waals surface area contributed by atoms with Crippen LogP contribution in [0.3, 0.4) is 0 Å². The fourth-order valence-electron chi connectivity index (χ4n) is 3.05. The zero-order chi connectivity index (χ0) is 18.4. The van der Waals surface area contributed by atoms with E-state index in [1.807, 2.05) is 12.1 Å². The van der Waals surface area contributed by atoms with Gasteiger partial charge in [0.2, 0.25) is 5.91 Å². The van der Waals surface area contributed by atoms with Crippen LogP contribution in [-0.2, 0) is 11.3 Å². The van der Waals surface area contributed by atoms with Crippen molar-refractivity contribution < 1.29 is 4.79 Å². The number of likely N-dealkylation sites (tertiary alicyclic amines) is 1. The minimum absolute atomic E-state index is 0.00781. The van der Waals surface area contributed by atoms with E-state index in [0.717, 1.165) is 42.5 Å². The van der Waals surface area contributed by atoms with Gasteiger partial charge in [-0.1, -0.05) is 51.8 Å². The highest BCUT2D eigenvalue weighted by Gasteiger charge is 2.24. The summed E-state index contributed by atoms with van der Waals surface area (Å²) in [5.74, 6) is 0.0132. The summed E-state index contributed by atoms with van der Waals surface area (Å²) in [5.41, 5.74) is 4.81. The molecule has 1 N–H and O–H groups in total. The number of hydrogen-bond donors (Lipinski definition) is 1. The number of amides is 1. The first kappa shape index (κ1) is 19.1. The van der Waals surface area contributed by atoms with Gasteiger partial charge < -0.3 is 0 Å². The summed E-state index contributed by atoms with van der Waals surface area (Å²) < 4.78 is 1.09. The lowest BCUT2D eigenvalue weighted by molar-refractivity contribution is -0.126. The van der Waals surface area contributed by atoms with Crippen molar-refractivity contribution in [3.05, 3.63) is 69.2 Å². The molecule has 0 spiro atoms. The van der Waals surface area contributed by atoms with E-state index < -0.39 is 0 Å². The average Bonchev–Trinajstić information content (AvgIpc) is 2.64. The van der Waals surface area contributed by atoms with Gasteiger partial charge in [0.1, 0.15) is 0 Å². The molecule has 0 atom stereocenters. The van der Waals surface area contributed by atoms with Crippen molar-refractivity contribution in [2.75, 3.05) is 13.1 Å². The largest absolute Gasteiger partial charge is 0.299 e. The van der Waals surface area contributed by atoms with Crippen molar-refractivity contribution in [3.63, 3.8) is 0 Å². The Balaban J connectivity index is 1.43. The van der Waals surface area contributed by atoms with Gasteiger partial charge in [0, 0.05) is 22.0 Å². The fraction of sp³-hybridized carbons (Fsp3) is 0.300. The highest BCUT2D eigenvalue weighted by molar-refractivity contribution is 9.10. The maximum absolute atomic E-state index is 12.3. The zero-order valence-corrected chi connectivity index (χ0v) is 16.7. The molecule has 0 unspecified atom stereocenters. The number of nitrogens with zero attached hydrogens (tertiary/aromatic N) is 2. The Morgan fingerprint density at radius 1 is 1.23 bits per heavy atom. The lowest BCUT2D eigenvalue weighted by atomic mass is 9.96. The summed E-state index contributed by atoms with van der Waals surface area (Å²) in [6.07, 6.45) is 3.33. The van der Waals surface area contributed by atoms with Gasteiger partial charge in [-0.3, -0.25) is 9.69 Å². The summed E-state index contributed by atoms with van der Waals surface area (Å²) in [4.78, 5) is 14.7. The average molecular weight is 435 g/mol. The van der Waals surface area contributed by atoms with Crippen molar-refractivity contribution in [2.24, 2.45) is 11.0 Å². The van der Waals surface area contributed by atoms with Crippen LogP contribution in [0.5, 0.6) is 0 Å². The van der Waals surface area contributed by atoms with E-state index in [2.05, 4.69) is 55.6 Å². The third kappa shape index (κ3) is 5.66. The lowest BCUT2D eigenvalue weighted by Gasteiger charge is -2.30. The fourth-order valence-corrected chi connectivity index (χ4v) is 3.51. The monoisotopic (exact) mass is 433 g/mol. The molecule has 0 aliphatic carbocycles. The summed E-state index contributed by atoms with van der Waals surface area (Å²) in [6.45, 7) is 2.77. The highest BCUT2D eigenvalue weighted by Crippen LogP contribution is 2.20. The third-order valence-corrected chi connectivity index (χ3v) is 5.28. The van der Waals surface area contributed by atoms with Gasteiger partial charge in [-0.05, 0) is 61.3 Å². The van der Waals surface area contributed by atoms with Gasteiger partial charge in [-0.25, -0.2) is 5.43 Å². The first-order valence-corrected chi connectivity index (χ1v) is 9.82. The van der Waals surface area contributed by atoms with Gasteiger partial charge in [0.05, 0.1) is 6.21 Å². The van der Waals surface area contributed by atoms with Crippen molar-refractivity contribution in [2.45, 2.75) is 19.4 Å². The molecule has 1 heterocycles. The maximum Gasteiger partial charge on any atom is 0.243 e. The molecule has 3 rings (SSSR count). The molecule has 0 bridgehead atoms. The Kier molecular flexibility index (Phi) is 6.83. The van der Waals surface area contributed by atoms with Gasteiger partial charge in [0.25, 0.3) is 0 Å². The summed E-state index contributed by atoms with van der Waals surface area (Å²) in [7, 11) is 0. The zero-order valence-electron chi connectivity index (χ0n) is 14.4. The van der Waals surface area contributed by atoms with Crippen LogP contribution in [0.25, 0.3) is 0 Å². The summed E-state index contributed by atoms with van der Waals surface area (Å²) in [5, 5.41) is 4.70. The Labute approximate surface area is 167 Å². The van der Waals surface area contributed by atoms with Gasteiger partial charge in [0.15, 0.2) is 0 Å². The molecule has 1 aliphatic rings. The van der Waals surface area contributed by atoms with Crippen LogP contribution in [0.15, 0.2) is 58.1 Å². The molecule has 2 aromatic rings. The maximum atomic E-state index is 12.3. The van der Waals surface area contributed by atoms with E-state index in [9.17, 15) is 4.79 Å². The molecule has 0 saturated carbocycles. The number of benzene rings is 2. The predicted molar refractivity (Wildman–Crippen MR) is 109 cm³/mol. The van der Waals surface area contributed by atoms with Gasteiger partial charge >= 0.3 is 0 Å². The van der Waals surface area contributed by atoms with Crippen LogP contribution < -0.4 is 5.43 Å². The number of carbonyl (C=O) groups is 1. The first-order chi connectivity index (χ1) is 12.6. The third-order valence-electron chi connectivity index (χ3n) is 4.51. The second-order valence-corrected chi connectivity index (χ2v) is 7.82. The smallest absolute Gasteiger partial charge is 0.243 e. The number of piperidine rings is 1. The van der Waals surface area contributed by atoms with Crippen molar-refractivity contribution in [1.29, 1.82) is 0 Å². The summed E-state index contributed by atoms with van der Waals surface area (Å²) >= 11 is 9.39. The number of nitrogens with one attached hydrogen (secondary N) is 1. The predicted octanol–water partition coefficient (Wildman–Crippen LogP) is 4.46. The standard InChI is InChI=1S/C20H21BrClN3O/c21-18-6-4-15(5-7-18)14-25-10-8-17(9-11-25)20(26)24-23-13-16-2-1-3-19(22)12-16/h1-7,12-13,17H,8-11,14H2,(H,24,26)/b23-13+. The molecule has 1 aliphatic heterocycles. The number of halogens is 2. The highest BCUT2D eigenvalue weighted by atomic mass is 79.9. The summed E-state index contributed by atoms with van der Waals surface area (Å²) in [6, 6.07) is 15.7. The normalized spacial score (nSPS) is 16.1. The minimum Gasteiger partial charge on any atom is -0.299 e. The number of hydrogen-bond acceptors (Lipinski definition) is 3. The molecular weight excluding hydrogens is 414 g/mol. The Morgan fingerprint density at radius 2 is 1.96 bits per heavy atom. The van der Waals surface area contributed by atoms with E-state index in [-0.39, 0.29) is 11.8 Å². The molecule has 1 fully saturated rings. The number of hydrazone groups is 1.